The summed E-state index contributed by atoms with van der Waals surface area (Å²) in [5.74, 6) is 1.13. The van der Waals surface area contributed by atoms with E-state index in [0.717, 1.165) is 5.82 Å². The molecule has 0 bridgehead atoms. The van der Waals surface area contributed by atoms with Crippen molar-refractivity contribution >= 4 is 11.8 Å². The molecule has 0 aliphatic carbocycles. The van der Waals surface area contributed by atoms with Crippen molar-refractivity contribution in [3.63, 3.8) is 0 Å². The molecule has 14 heavy (non-hydrogen) atoms. The topological polar surface area (TPSA) is 68.2 Å². The molecule has 5 heteroatoms. The van der Waals surface area contributed by atoms with Gasteiger partial charge in [-0.1, -0.05) is 0 Å². The van der Waals surface area contributed by atoms with Crippen LogP contribution in [-0.4, -0.2) is 22.3 Å². The highest BCUT2D eigenvalue weighted by Gasteiger charge is 2.01. The van der Waals surface area contributed by atoms with Crippen molar-refractivity contribution in [3.05, 3.63) is 12.3 Å². The van der Waals surface area contributed by atoms with Crippen LogP contribution in [0.15, 0.2) is 17.3 Å². The number of nitrogens with zero attached hydrogens (tertiary/aromatic N) is 3. The third-order valence-electron chi connectivity index (χ3n) is 1.72. The molecule has 0 unspecified atom stereocenters. The van der Waals surface area contributed by atoms with Crippen LogP contribution in [0.1, 0.15) is 26.8 Å². The van der Waals surface area contributed by atoms with Gasteiger partial charge in [-0.2, -0.15) is 5.10 Å². The Morgan fingerprint density at radius 1 is 1.71 bits per heavy atom. The van der Waals surface area contributed by atoms with E-state index in [1.807, 2.05) is 23.9 Å². The number of hydrogen-bond donors (Lipinski definition) is 2. The Morgan fingerprint density at radius 2 is 2.43 bits per heavy atom. The zero-order valence-electron chi connectivity index (χ0n) is 8.86. The van der Waals surface area contributed by atoms with Gasteiger partial charge in [-0.15, -0.1) is 0 Å². The van der Waals surface area contributed by atoms with Crippen LogP contribution in [0.5, 0.6) is 0 Å². The monoisotopic (exact) mass is 195 g/mol. The van der Waals surface area contributed by atoms with Gasteiger partial charge < -0.3 is 11.1 Å². The van der Waals surface area contributed by atoms with Crippen LogP contribution < -0.4 is 11.1 Å². The summed E-state index contributed by atoms with van der Waals surface area (Å²) in [6.07, 6.45) is 1.91. The first-order valence-corrected chi connectivity index (χ1v) is 4.75. The Hall–Kier alpha value is -1.52. The maximum atomic E-state index is 5.59. The van der Waals surface area contributed by atoms with Crippen molar-refractivity contribution in [2.24, 2.45) is 10.7 Å². The highest BCUT2D eigenvalue weighted by atomic mass is 15.3. The summed E-state index contributed by atoms with van der Waals surface area (Å²) in [7, 11) is 0. The zero-order valence-corrected chi connectivity index (χ0v) is 8.86. The molecule has 0 saturated carbocycles. The Kier molecular flexibility index (Phi) is 3.50. The summed E-state index contributed by atoms with van der Waals surface area (Å²) in [6.45, 7) is 6.74. The number of anilines is 1. The van der Waals surface area contributed by atoms with E-state index in [-0.39, 0.29) is 0 Å². The highest BCUT2D eigenvalue weighted by molar-refractivity contribution is 5.91. The molecule has 1 aromatic rings. The summed E-state index contributed by atoms with van der Waals surface area (Å²) in [4.78, 5) is 4.01. The predicted molar refractivity (Wildman–Crippen MR) is 58.4 cm³/mol. The van der Waals surface area contributed by atoms with E-state index in [4.69, 9.17) is 5.73 Å². The molecule has 0 amide bonds. The maximum absolute atomic E-state index is 5.59. The first-order valence-electron chi connectivity index (χ1n) is 4.75. The first kappa shape index (κ1) is 10.6. The minimum atomic E-state index is 0.356. The Balaban J connectivity index is 2.64. The lowest BCUT2D eigenvalue weighted by Crippen LogP contribution is -2.23. The third-order valence-corrected chi connectivity index (χ3v) is 1.72. The molecule has 1 aromatic heterocycles. The van der Waals surface area contributed by atoms with Gasteiger partial charge in [0.1, 0.15) is 0 Å². The minimum Gasteiger partial charge on any atom is -0.370 e. The second-order valence-electron chi connectivity index (χ2n) is 3.26. The van der Waals surface area contributed by atoms with Crippen molar-refractivity contribution in [2.75, 3.05) is 11.9 Å². The van der Waals surface area contributed by atoms with Gasteiger partial charge in [0.2, 0.25) is 0 Å². The highest BCUT2D eigenvalue weighted by Crippen LogP contribution is 2.07. The van der Waals surface area contributed by atoms with E-state index in [2.05, 4.69) is 29.3 Å². The Morgan fingerprint density at radius 3 is 2.93 bits per heavy atom. The molecule has 0 aromatic carbocycles. The summed E-state index contributed by atoms with van der Waals surface area (Å²) < 4.78 is 1.86. The number of aliphatic imine (C=N–C) groups is 1. The summed E-state index contributed by atoms with van der Waals surface area (Å²) in [6, 6.07) is 2.23. The van der Waals surface area contributed by atoms with Crippen molar-refractivity contribution in [2.45, 2.75) is 26.8 Å². The standard InChI is InChI=1S/C9H17N5/c1-4-11-9(10)12-8-5-6-14(13-8)7(2)3/h5-7H,4H2,1-3H3,(H3,10,11,12,13). The van der Waals surface area contributed by atoms with Crippen LogP contribution in [-0.2, 0) is 0 Å². The van der Waals surface area contributed by atoms with E-state index in [1.54, 1.807) is 0 Å². The van der Waals surface area contributed by atoms with Gasteiger partial charge in [-0.25, -0.2) is 0 Å². The van der Waals surface area contributed by atoms with Crippen LogP contribution in [0, 0.1) is 0 Å². The van der Waals surface area contributed by atoms with Crippen molar-refractivity contribution in [1.82, 2.24) is 9.78 Å². The number of hydrogen-bond acceptors (Lipinski definition) is 2. The van der Waals surface area contributed by atoms with Gasteiger partial charge in [-0.05, 0) is 20.8 Å². The predicted octanol–water partition coefficient (Wildman–Crippen LogP) is 1.21. The molecule has 0 saturated heterocycles. The number of nitrogens with one attached hydrogen (secondary N) is 1. The summed E-state index contributed by atoms with van der Waals surface area (Å²) in [5, 5.41) is 7.19. The molecule has 0 atom stereocenters. The van der Waals surface area contributed by atoms with Gasteiger partial charge in [0.25, 0.3) is 0 Å². The first-order chi connectivity index (χ1) is 6.63. The van der Waals surface area contributed by atoms with Crippen molar-refractivity contribution < 1.29 is 0 Å². The summed E-state index contributed by atoms with van der Waals surface area (Å²) in [5.41, 5.74) is 5.59. The molecule has 0 aliphatic heterocycles. The fourth-order valence-corrected chi connectivity index (χ4v) is 1.03. The van der Waals surface area contributed by atoms with E-state index >= 15 is 0 Å². The van der Waals surface area contributed by atoms with Crippen LogP contribution in [0.4, 0.5) is 5.82 Å². The van der Waals surface area contributed by atoms with E-state index in [0.29, 0.717) is 18.5 Å². The molecule has 78 valence electrons. The zero-order chi connectivity index (χ0) is 10.6. The molecular formula is C9H17N5. The Bertz CT molecular complexity index is 313. The third kappa shape index (κ3) is 2.76. The van der Waals surface area contributed by atoms with Crippen molar-refractivity contribution in [1.29, 1.82) is 0 Å². The largest absolute Gasteiger partial charge is 0.370 e. The second-order valence-corrected chi connectivity index (χ2v) is 3.26. The van der Waals surface area contributed by atoms with Crippen LogP contribution in [0.3, 0.4) is 0 Å². The van der Waals surface area contributed by atoms with Gasteiger partial charge in [0, 0.05) is 24.8 Å². The van der Waals surface area contributed by atoms with Gasteiger partial charge >= 0.3 is 0 Å². The molecule has 0 aliphatic rings. The molecule has 1 rings (SSSR count). The van der Waals surface area contributed by atoms with Crippen LogP contribution >= 0.6 is 0 Å². The molecular weight excluding hydrogens is 178 g/mol. The number of guanidine groups is 1. The van der Waals surface area contributed by atoms with Crippen molar-refractivity contribution in [3.8, 4) is 0 Å². The smallest absolute Gasteiger partial charge is 0.194 e. The second kappa shape index (κ2) is 4.64. The molecule has 0 fully saturated rings. The number of rotatable bonds is 3. The molecule has 0 radical (unpaired) electrons. The molecule has 5 nitrogen and oxygen atoms in total. The van der Waals surface area contributed by atoms with Crippen LogP contribution in [0.25, 0.3) is 0 Å². The number of nitrogens with two attached hydrogens (primary N) is 1. The lowest BCUT2D eigenvalue weighted by atomic mass is 10.4. The van der Waals surface area contributed by atoms with Crippen LogP contribution in [0.2, 0.25) is 0 Å². The van der Waals surface area contributed by atoms with Gasteiger partial charge in [-0.3, -0.25) is 9.67 Å². The van der Waals surface area contributed by atoms with E-state index in [1.165, 1.54) is 0 Å². The SMILES string of the molecule is CCN=C(N)Nc1ccn(C(C)C)n1. The van der Waals surface area contributed by atoms with Gasteiger partial charge in [0.15, 0.2) is 11.8 Å². The van der Waals surface area contributed by atoms with E-state index in [9.17, 15) is 0 Å². The average molecular weight is 195 g/mol. The summed E-state index contributed by atoms with van der Waals surface area (Å²) >= 11 is 0. The lowest BCUT2D eigenvalue weighted by Gasteiger charge is -2.04. The Labute approximate surface area is 84.0 Å². The lowest BCUT2D eigenvalue weighted by molar-refractivity contribution is 0.534. The average Bonchev–Trinajstić information content (AvgIpc) is 2.53. The minimum absolute atomic E-state index is 0.356. The fraction of sp³-hybridized carbons (Fsp3) is 0.556. The number of aromatic nitrogens is 2. The van der Waals surface area contributed by atoms with Gasteiger partial charge in [0.05, 0.1) is 0 Å². The quantitative estimate of drug-likeness (QED) is 0.562. The maximum Gasteiger partial charge on any atom is 0.194 e. The molecule has 3 N–H and O–H groups in total. The fourth-order valence-electron chi connectivity index (χ4n) is 1.03. The molecule has 0 spiro atoms. The normalized spacial score (nSPS) is 12.1. The van der Waals surface area contributed by atoms with E-state index < -0.39 is 0 Å². The molecule has 1 heterocycles.